The third-order valence-corrected chi connectivity index (χ3v) is 3.52. The van der Waals surface area contributed by atoms with E-state index in [1.165, 1.54) is 4.90 Å². The van der Waals surface area contributed by atoms with Crippen LogP contribution in [0.1, 0.15) is 46.5 Å². The Balaban J connectivity index is 2.88. The predicted molar refractivity (Wildman–Crippen MR) is 69.0 cm³/mol. The van der Waals surface area contributed by atoms with Crippen LogP contribution in [0.2, 0.25) is 0 Å². The minimum Gasteiger partial charge on any atom is -0.480 e. The summed E-state index contributed by atoms with van der Waals surface area (Å²) in [5.74, 6) is -1.16. The molecule has 1 unspecified atom stereocenters. The summed E-state index contributed by atoms with van der Waals surface area (Å²) in [7, 11) is 0. The number of nitrogens with zero attached hydrogens (tertiary/aromatic N) is 1. The third-order valence-electron chi connectivity index (χ3n) is 3.52. The fourth-order valence-electron chi connectivity index (χ4n) is 2.18. The van der Waals surface area contributed by atoms with Gasteiger partial charge >= 0.3 is 5.97 Å². The Morgan fingerprint density at radius 3 is 2.39 bits per heavy atom. The van der Waals surface area contributed by atoms with E-state index in [1.54, 1.807) is 0 Å². The van der Waals surface area contributed by atoms with Gasteiger partial charge in [-0.2, -0.15) is 0 Å². The van der Waals surface area contributed by atoms with Crippen LogP contribution in [0, 0.1) is 5.41 Å². The Kier molecular flexibility index (Phi) is 4.73. The number of carbonyl (C=O) groups excluding carboxylic acids is 1. The number of carboxylic acids is 1. The first-order valence-electron chi connectivity index (χ1n) is 6.54. The van der Waals surface area contributed by atoms with Crippen molar-refractivity contribution in [2.45, 2.75) is 58.5 Å². The molecule has 0 radical (unpaired) electrons. The lowest BCUT2D eigenvalue weighted by atomic mass is 9.86. The number of carbonyl (C=O) groups is 2. The van der Waals surface area contributed by atoms with Gasteiger partial charge in [0, 0.05) is 6.54 Å². The van der Waals surface area contributed by atoms with Gasteiger partial charge < -0.3 is 15.7 Å². The zero-order valence-corrected chi connectivity index (χ0v) is 11.5. The van der Waals surface area contributed by atoms with Crippen molar-refractivity contribution >= 4 is 11.9 Å². The van der Waals surface area contributed by atoms with Gasteiger partial charge in [-0.15, -0.1) is 0 Å². The Labute approximate surface area is 108 Å². The summed E-state index contributed by atoms with van der Waals surface area (Å²) in [6.45, 7) is 6.18. The quantitative estimate of drug-likeness (QED) is 0.778. The lowest BCUT2D eigenvalue weighted by molar-refractivity contribution is -0.151. The number of carboxylic acid groups (broad SMARTS) is 1. The van der Waals surface area contributed by atoms with E-state index >= 15 is 0 Å². The fraction of sp³-hybridized carbons (Fsp3) is 0.846. The van der Waals surface area contributed by atoms with Gasteiger partial charge in [0.15, 0.2) is 0 Å². The molecule has 18 heavy (non-hydrogen) atoms. The molecule has 104 valence electrons. The first kappa shape index (κ1) is 15.0. The molecule has 0 aromatic carbocycles. The predicted octanol–water partition coefficient (Wildman–Crippen LogP) is 1.22. The highest BCUT2D eigenvalue weighted by Gasteiger charge is 2.37. The molecule has 0 aliphatic carbocycles. The molecule has 0 aromatic rings. The zero-order chi connectivity index (χ0) is 13.9. The molecule has 0 saturated carbocycles. The van der Waals surface area contributed by atoms with Gasteiger partial charge in [0.2, 0.25) is 5.91 Å². The van der Waals surface area contributed by atoms with Crippen molar-refractivity contribution in [1.29, 1.82) is 0 Å². The van der Waals surface area contributed by atoms with Gasteiger partial charge in [0.25, 0.3) is 0 Å². The molecule has 5 heteroatoms. The lowest BCUT2D eigenvalue weighted by Gasteiger charge is -2.34. The number of amides is 1. The van der Waals surface area contributed by atoms with Crippen LogP contribution in [0.4, 0.5) is 0 Å². The summed E-state index contributed by atoms with van der Waals surface area (Å²) < 4.78 is 0. The van der Waals surface area contributed by atoms with Crippen molar-refractivity contribution in [2.24, 2.45) is 11.1 Å². The number of likely N-dealkylation sites (tertiary alicyclic amines) is 1. The Bertz CT molecular complexity index is 323. The largest absolute Gasteiger partial charge is 0.480 e. The van der Waals surface area contributed by atoms with Crippen LogP contribution in [0.3, 0.4) is 0 Å². The number of hydrogen-bond acceptors (Lipinski definition) is 3. The molecule has 0 aromatic heterocycles. The SMILES string of the molecule is CC(C)(C)[C@@H](N)C(=O)N1CCCCCC1C(=O)O. The standard InChI is InChI=1S/C13H24N2O3/c1-13(2,3)10(14)11(16)15-8-6-4-5-7-9(15)12(17)18/h9-10H,4-8,14H2,1-3H3,(H,17,18)/t9?,10-/m0/s1. The van der Waals surface area contributed by atoms with E-state index in [4.69, 9.17) is 5.73 Å². The molecule has 1 aliphatic heterocycles. The van der Waals surface area contributed by atoms with E-state index in [-0.39, 0.29) is 11.3 Å². The van der Waals surface area contributed by atoms with Crippen molar-refractivity contribution < 1.29 is 14.7 Å². The van der Waals surface area contributed by atoms with Crippen LogP contribution in [-0.2, 0) is 9.59 Å². The van der Waals surface area contributed by atoms with Crippen molar-refractivity contribution in [3.8, 4) is 0 Å². The first-order valence-corrected chi connectivity index (χ1v) is 6.54. The smallest absolute Gasteiger partial charge is 0.326 e. The second-order valence-electron chi connectivity index (χ2n) is 6.08. The van der Waals surface area contributed by atoms with Crippen LogP contribution >= 0.6 is 0 Å². The first-order chi connectivity index (χ1) is 8.25. The van der Waals surface area contributed by atoms with E-state index in [0.29, 0.717) is 13.0 Å². The van der Waals surface area contributed by atoms with E-state index in [1.807, 2.05) is 20.8 Å². The average molecular weight is 256 g/mol. The molecule has 1 fully saturated rings. The second-order valence-corrected chi connectivity index (χ2v) is 6.08. The van der Waals surface area contributed by atoms with Gasteiger partial charge in [-0.3, -0.25) is 4.79 Å². The topological polar surface area (TPSA) is 83.6 Å². The minimum absolute atomic E-state index is 0.239. The van der Waals surface area contributed by atoms with Crippen LogP contribution in [0.15, 0.2) is 0 Å². The maximum Gasteiger partial charge on any atom is 0.326 e. The normalized spacial score (nSPS) is 23.3. The summed E-state index contributed by atoms with van der Waals surface area (Å²) in [5, 5.41) is 9.23. The molecule has 3 N–H and O–H groups in total. The molecular weight excluding hydrogens is 232 g/mol. The lowest BCUT2D eigenvalue weighted by Crippen LogP contribution is -2.55. The Morgan fingerprint density at radius 1 is 1.28 bits per heavy atom. The molecule has 1 heterocycles. The monoisotopic (exact) mass is 256 g/mol. The molecule has 0 spiro atoms. The molecule has 1 rings (SSSR count). The van der Waals surface area contributed by atoms with E-state index in [0.717, 1.165) is 19.3 Å². The van der Waals surface area contributed by atoms with Crippen LogP contribution in [0.5, 0.6) is 0 Å². The van der Waals surface area contributed by atoms with Gasteiger partial charge in [-0.25, -0.2) is 4.79 Å². The minimum atomic E-state index is -0.925. The summed E-state index contributed by atoms with van der Waals surface area (Å²) in [4.78, 5) is 25.1. The molecule has 1 aliphatic rings. The molecule has 2 atom stereocenters. The molecule has 1 amide bonds. The highest BCUT2D eigenvalue weighted by molar-refractivity contribution is 5.87. The van der Waals surface area contributed by atoms with Crippen LogP contribution in [-0.4, -0.2) is 40.5 Å². The van der Waals surface area contributed by atoms with Crippen molar-refractivity contribution in [3.63, 3.8) is 0 Å². The third kappa shape index (κ3) is 3.45. The van der Waals surface area contributed by atoms with E-state index in [9.17, 15) is 14.7 Å². The fourth-order valence-corrected chi connectivity index (χ4v) is 2.18. The van der Waals surface area contributed by atoms with Gasteiger partial charge in [-0.1, -0.05) is 33.6 Å². The van der Waals surface area contributed by atoms with Gasteiger partial charge in [0.05, 0.1) is 6.04 Å². The number of hydrogen-bond donors (Lipinski definition) is 2. The molecule has 1 saturated heterocycles. The highest BCUT2D eigenvalue weighted by Crippen LogP contribution is 2.23. The van der Waals surface area contributed by atoms with Crippen molar-refractivity contribution in [2.75, 3.05) is 6.54 Å². The van der Waals surface area contributed by atoms with Crippen molar-refractivity contribution in [1.82, 2.24) is 4.90 Å². The zero-order valence-electron chi connectivity index (χ0n) is 11.5. The van der Waals surface area contributed by atoms with Gasteiger partial charge in [-0.05, 0) is 18.3 Å². The molecule has 0 bridgehead atoms. The van der Waals surface area contributed by atoms with E-state index < -0.39 is 18.1 Å². The van der Waals surface area contributed by atoms with Crippen molar-refractivity contribution in [3.05, 3.63) is 0 Å². The maximum atomic E-state index is 12.3. The number of nitrogens with two attached hydrogens (primary N) is 1. The van der Waals surface area contributed by atoms with E-state index in [2.05, 4.69) is 0 Å². The Morgan fingerprint density at radius 2 is 1.89 bits per heavy atom. The number of rotatable bonds is 2. The molecular formula is C13H24N2O3. The average Bonchev–Trinajstić information content (AvgIpc) is 2.50. The second kappa shape index (κ2) is 5.69. The Hall–Kier alpha value is -1.10. The van der Waals surface area contributed by atoms with Gasteiger partial charge in [0.1, 0.15) is 6.04 Å². The summed E-state index contributed by atoms with van der Waals surface area (Å²) in [5.41, 5.74) is 5.60. The number of aliphatic carboxylic acids is 1. The maximum absolute atomic E-state index is 12.3. The summed E-state index contributed by atoms with van der Waals surface area (Å²) >= 11 is 0. The van der Waals surface area contributed by atoms with Crippen LogP contribution in [0.25, 0.3) is 0 Å². The summed E-state index contributed by atoms with van der Waals surface area (Å²) in [6.07, 6.45) is 3.20. The molecule has 5 nitrogen and oxygen atoms in total. The highest BCUT2D eigenvalue weighted by atomic mass is 16.4. The van der Waals surface area contributed by atoms with Crippen LogP contribution < -0.4 is 5.73 Å². The summed E-state index contributed by atoms with van der Waals surface area (Å²) in [6, 6.07) is -1.37.